The summed E-state index contributed by atoms with van der Waals surface area (Å²) in [6.45, 7) is 1.92. The molecule has 1 aliphatic rings. The van der Waals surface area contributed by atoms with Gasteiger partial charge in [0.2, 0.25) is 0 Å². The molecule has 0 spiro atoms. The van der Waals surface area contributed by atoms with E-state index in [0.717, 1.165) is 11.1 Å². The van der Waals surface area contributed by atoms with Gasteiger partial charge in [-0.1, -0.05) is 35.9 Å². The molecule has 2 amide bonds. The minimum Gasteiger partial charge on any atom is -0.268 e. The molecule has 0 aliphatic carbocycles. The van der Waals surface area contributed by atoms with Crippen LogP contribution in [0, 0.1) is 6.92 Å². The molecule has 6 nitrogen and oxygen atoms in total. The Bertz CT molecular complexity index is 1320. The number of pyridine rings is 1. The molecule has 0 atom stereocenters. The van der Waals surface area contributed by atoms with Crippen LogP contribution in [0.4, 0.5) is 5.69 Å². The van der Waals surface area contributed by atoms with Gasteiger partial charge in [-0.3, -0.25) is 9.59 Å². The number of amides is 2. The molecule has 2 aromatic heterocycles. The molecule has 0 saturated heterocycles. The Hall–Kier alpha value is -3.51. The predicted molar refractivity (Wildman–Crippen MR) is 111 cm³/mol. The van der Waals surface area contributed by atoms with Gasteiger partial charge >= 0.3 is 0 Å². The van der Waals surface area contributed by atoms with E-state index in [9.17, 15) is 9.59 Å². The average molecular weight is 403 g/mol. The second-order valence-electron chi connectivity index (χ2n) is 7.01. The predicted octanol–water partition coefficient (Wildman–Crippen LogP) is 4.40. The lowest BCUT2D eigenvalue weighted by atomic mass is 10.0. The summed E-state index contributed by atoms with van der Waals surface area (Å²) < 4.78 is 1.62. The molecule has 1 aliphatic heterocycles. The van der Waals surface area contributed by atoms with Gasteiger partial charge in [0.05, 0.1) is 22.2 Å². The summed E-state index contributed by atoms with van der Waals surface area (Å²) in [4.78, 5) is 32.1. The Labute approximate surface area is 171 Å². The van der Waals surface area contributed by atoms with Crippen LogP contribution in [0.25, 0.3) is 22.3 Å². The normalized spacial score (nSPS) is 13.4. The van der Waals surface area contributed by atoms with E-state index in [-0.39, 0.29) is 17.4 Å². The molecule has 7 heteroatoms. The summed E-state index contributed by atoms with van der Waals surface area (Å²) >= 11 is 6.01. The number of benzene rings is 2. The molecule has 5 rings (SSSR count). The van der Waals surface area contributed by atoms with E-state index in [1.54, 1.807) is 29.9 Å². The van der Waals surface area contributed by atoms with Gasteiger partial charge in [-0.2, -0.15) is 5.10 Å². The van der Waals surface area contributed by atoms with Crippen molar-refractivity contribution >= 4 is 40.1 Å². The molecule has 4 aromatic rings. The number of aryl methyl sites for hydroxylation is 2. The highest BCUT2D eigenvalue weighted by atomic mass is 35.5. The fourth-order valence-corrected chi connectivity index (χ4v) is 3.86. The summed E-state index contributed by atoms with van der Waals surface area (Å²) in [5, 5.41) is 5.74. The van der Waals surface area contributed by atoms with Crippen molar-refractivity contribution in [1.29, 1.82) is 0 Å². The third kappa shape index (κ3) is 2.57. The monoisotopic (exact) mass is 402 g/mol. The van der Waals surface area contributed by atoms with Gasteiger partial charge in [0.1, 0.15) is 5.69 Å². The van der Waals surface area contributed by atoms with Crippen molar-refractivity contribution in [2.75, 3.05) is 4.90 Å². The number of hydrogen-bond donors (Lipinski definition) is 0. The number of carbonyl (C=O) groups is 2. The van der Waals surface area contributed by atoms with Crippen LogP contribution in [0.2, 0.25) is 5.02 Å². The molecule has 0 bridgehead atoms. The van der Waals surface area contributed by atoms with Gasteiger partial charge in [-0.25, -0.2) is 14.6 Å². The first-order chi connectivity index (χ1) is 14.0. The van der Waals surface area contributed by atoms with Crippen LogP contribution in [0.5, 0.6) is 0 Å². The maximum atomic E-state index is 13.4. The van der Waals surface area contributed by atoms with E-state index in [4.69, 9.17) is 11.6 Å². The number of aromatic nitrogens is 3. The second kappa shape index (κ2) is 6.25. The zero-order valence-corrected chi connectivity index (χ0v) is 16.4. The smallest absolute Gasteiger partial charge is 0.267 e. The topological polar surface area (TPSA) is 68.1 Å². The number of anilines is 1. The maximum Gasteiger partial charge on any atom is 0.267 e. The van der Waals surface area contributed by atoms with Gasteiger partial charge < -0.3 is 0 Å². The van der Waals surface area contributed by atoms with Crippen molar-refractivity contribution in [3.63, 3.8) is 0 Å². The molecule has 0 N–H and O–H groups in total. The molecule has 3 heterocycles. The first-order valence-electron chi connectivity index (χ1n) is 9.03. The quantitative estimate of drug-likeness (QED) is 0.466. The van der Waals surface area contributed by atoms with E-state index < -0.39 is 0 Å². The van der Waals surface area contributed by atoms with Crippen molar-refractivity contribution in [3.05, 3.63) is 76.4 Å². The van der Waals surface area contributed by atoms with Crippen LogP contribution in [0.3, 0.4) is 0 Å². The van der Waals surface area contributed by atoms with E-state index in [0.29, 0.717) is 33.0 Å². The third-order valence-electron chi connectivity index (χ3n) is 5.08. The van der Waals surface area contributed by atoms with Crippen LogP contribution in [0.15, 0.2) is 54.7 Å². The highest BCUT2D eigenvalue weighted by molar-refractivity contribution is 6.38. The molecular formula is C22H15ClN4O2. The number of hydrogen-bond acceptors (Lipinski definition) is 4. The van der Waals surface area contributed by atoms with Crippen LogP contribution >= 0.6 is 11.6 Å². The minimum atomic E-state index is -0.379. The van der Waals surface area contributed by atoms with Gasteiger partial charge in [0, 0.05) is 23.8 Å². The van der Waals surface area contributed by atoms with Crippen molar-refractivity contribution in [2.45, 2.75) is 6.92 Å². The van der Waals surface area contributed by atoms with E-state index in [1.165, 1.54) is 11.1 Å². The van der Waals surface area contributed by atoms with E-state index >= 15 is 0 Å². The van der Waals surface area contributed by atoms with Crippen LogP contribution in [0.1, 0.15) is 26.3 Å². The van der Waals surface area contributed by atoms with E-state index in [2.05, 4.69) is 10.1 Å². The summed E-state index contributed by atoms with van der Waals surface area (Å²) in [6, 6.07) is 14.5. The number of nitrogens with zero attached hydrogens (tertiary/aromatic N) is 4. The molecule has 0 radical (unpaired) electrons. The number of imide groups is 1. The summed E-state index contributed by atoms with van der Waals surface area (Å²) in [6.07, 6.45) is 1.46. The molecule has 2 aromatic carbocycles. The average Bonchev–Trinajstić information content (AvgIpc) is 3.17. The number of halogens is 1. The highest BCUT2D eigenvalue weighted by Gasteiger charge is 2.40. The van der Waals surface area contributed by atoms with Crippen molar-refractivity contribution in [1.82, 2.24) is 14.8 Å². The van der Waals surface area contributed by atoms with Crippen LogP contribution in [-0.2, 0) is 7.05 Å². The number of fused-ring (bicyclic) bond motifs is 3. The van der Waals surface area contributed by atoms with Crippen molar-refractivity contribution in [2.24, 2.45) is 7.05 Å². The summed E-state index contributed by atoms with van der Waals surface area (Å²) in [7, 11) is 1.76. The Morgan fingerprint density at radius 1 is 1.00 bits per heavy atom. The largest absolute Gasteiger partial charge is 0.268 e. The number of carbonyl (C=O) groups excluding carboxylic acids is 2. The molecule has 0 unspecified atom stereocenters. The Morgan fingerprint density at radius 3 is 2.48 bits per heavy atom. The van der Waals surface area contributed by atoms with Crippen molar-refractivity contribution in [3.8, 4) is 11.3 Å². The summed E-state index contributed by atoms with van der Waals surface area (Å²) in [5.41, 5.74) is 4.06. The maximum absolute atomic E-state index is 13.4. The highest BCUT2D eigenvalue weighted by Crippen LogP contribution is 2.37. The van der Waals surface area contributed by atoms with Crippen molar-refractivity contribution < 1.29 is 9.59 Å². The second-order valence-corrected chi connectivity index (χ2v) is 7.45. The zero-order valence-electron chi connectivity index (χ0n) is 15.7. The SMILES string of the molecule is Cc1cccc(N2C(=O)c3cnc4c(c(-c5ccc(Cl)cc5)nn4C)c3C2=O)c1. The lowest BCUT2D eigenvalue weighted by Gasteiger charge is -2.14. The Kier molecular flexibility index (Phi) is 3.79. The van der Waals surface area contributed by atoms with Gasteiger partial charge in [-0.15, -0.1) is 0 Å². The summed E-state index contributed by atoms with van der Waals surface area (Å²) in [5.74, 6) is -0.748. The molecule has 142 valence electrons. The van der Waals surface area contributed by atoms with E-state index in [1.807, 2.05) is 37.3 Å². The fraction of sp³-hybridized carbons (Fsp3) is 0.0909. The first-order valence-corrected chi connectivity index (χ1v) is 9.40. The van der Waals surface area contributed by atoms with Gasteiger partial charge in [0.25, 0.3) is 11.8 Å². The lowest BCUT2D eigenvalue weighted by Crippen LogP contribution is -2.29. The van der Waals surface area contributed by atoms with Gasteiger partial charge in [0.15, 0.2) is 5.65 Å². The lowest BCUT2D eigenvalue weighted by molar-refractivity contribution is 0.0926. The molecular weight excluding hydrogens is 388 g/mol. The fourth-order valence-electron chi connectivity index (χ4n) is 3.74. The Morgan fingerprint density at radius 2 is 1.76 bits per heavy atom. The minimum absolute atomic E-state index is 0.284. The Balaban J connectivity index is 1.77. The van der Waals surface area contributed by atoms with Crippen LogP contribution < -0.4 is 4.90 Å². The molecule has 29 heavy (non-hydrogen) atoms. The number of rotatable bonds is 2. The molecule has 0 fully saturated rings. The van der Waals surface area contributed by atoms with Gasteiger partial charge in [-0.05, 0) is 36.8 Å². The first kappa shape index (κ1) is 17.6. The van der Waals surface area contributed by atoms with Crippen LogP contribution in [-0.4, -0.2) is 26.6 Å². The zero-order chi connectivity index (χ0) is 20.3. The molecule has 0 saturated carbocycles. The third-order valence-corrected chi connectivity index (χ3v) is 5.33. The standard InChI is InChI=1S/C22H15ClN4O2/c1-12-4-3-5-15(10-12)27-21(28)16-11-24-20-18(17(16)22(27)29)19(25-26(20)2)13-6-8-14(23)9-7-13/h3-11H,1-2H3.